The Balaban J connectivity index is 2.03. The Labute approximate surface area is 195 Å². The number of aromatic nitrogens is 2. The molecule has 0 radical (unpaired) electrons. The van der Waals surface area contributed by atoms with E-state index in [0.717, 1.165) is 23.2 Å². The minimum Gasteiger partial charge on any atom is -0.362 e. The Kier molecular flexibility index (Phi) is 7.29. The van der Waals surface area contributed by atoms with Gasteiger partial charge >= 0.3 is 12.4 Å². The molecule has 35 heavy (non-hydrogen) atoms. The van der Waals surface area contributed by atoms with Crippen LogP contribution < -0.4 is 15.4 Å². The number of nitrogens with two attached hydrogens (primary N) is 1. The number of nitrogens with zero attached hydrogens (tertiary/aromatic N) is 3. The first-order valence-electron chi connectivity index (χ1n) is 9.94. The second-order valence-electron chi connectivity index (χ2n) is 7.58. The molecule has 1 aliphatic rings. The second-order valence-corrected chi connectivity index (χ2v) is 9.08. The SMILES string of the molecule is CCC1CN(c2ncc(C(F)(F)F)cc2C(=O)Nc2ccnc(S(N)(=O)=O)c2)CC(C(F)(F)F)O1. The number of anilines is 2. The number of halogens is 6. The third-order valence-corrected chi connectivity index (χ3v) is 5.82. The zero-order valence-corrected chi connectivity index (χ0v) is 18.7. The number of nitrogens with one attached hydrogen (secondary N) is 1. The molecule has 1 saturated heterocycles. The number of pyridine rings is 2. The molecule has 3 rings (SSSR count). The first-order chi connectivity index (χ1) is 16.1. The first kappa shape index (κ1) is 26.6. The van der Waals surface area contributed by atoms with Gasteiger partial charge in [-0.3, -0.25) is 4.79 Å². The predicted molar refractivity (Wildman–Crippen MR) is 110 cm³/mol. The van der Waals surface area contributed by atoms with E-state index in [1.54, 1.807) is 6.92 Å². The lowest BCUT2D eigenvalue weighted by Crippen LogP contribution is -2.53. The number of morpholine rings is 1. The minimum atomic E-state index is -4.90. The van der Waals surface area contributed by atoms with Crippen LogP contribution in [0, 0.1) is 0 Å². The fourth-order valence-electron chi connectivity index (χ4n) is 3.29. The van der Waals surface area contributed by atoms with Gasteiger partial charge in [0.2, 0.25) is 0 Å². The van der Waals surface area contributed by atoms with Gasteiger partial charge in [0.25, 0.3) is 15.9 Å². The molecule has 1 fully saturated rings. The molecule has 0 aromatic carbocycles. The van der Waals surface area contributed by atoms with Crippen LogP contribution >= 0.6 is 0 Å². The van der Waals surface area contributed by atoms with Gasteiger partial charge in [-0.1, -0.05) is 6.92 Å². The summed E-state index contributed by atoms with van der Waals surface area (Å²) in [5, 5.41) is 6.57. The highest BCUT2D eigenvalue weighted by Gasteiger charge is 2.46. The quantitative estimate of drug-likeness (QED) is 0.573. The molecule has 0 bridgehead atoms. The summed E-state index contributed by atoms with van der Waals surface area (Å²) in [5.74, 6) is -1.60. The molecule has 0 spiro atoms. The van der Waals surface area contributed by atoms with Crippen molar-refractivity contribution in [2.75, 3.05) is 23.3 Å². The van der Waals surface area contributed by atoms with E-state index in [-0.39, 0.29) is 18.7 Å². The smallest absolute Gasteiger partial charge is 0.362 e. The summed E-state index contributed by atoms with van der Waals surface area (Å²) < 4.78 is 108. The third-order valence-electron chi connectivity index (χ3n) is 5.01. The lowest BCUT2D eigenvalue weighted by molar-refractivity contribution is -0.235. The molecule has 2 aromatic heterocycles. The molecule has 192 valence electrons. The lowest BCUT2D eigenvalue weighted by Gasteiger charge is -2.39. The Bertz CT molecular complexity index is 1200. The Morgan fingerprint density at radius 3 is 2.46 bits per heavy atom. The highest BCUT2D eigenvalue weighted by atomic mass is 32.2. The van der Waals surface area contributed by atoms with Crippen molar-refractivity contribution in [1.82, 2.24) is 9.97 Å². The molecule has 3 heterocycles. The van der Waals surface area contributed by atoms with Crippen LogP contribution in [0.4, 0.5) is 37.8 Å². The van der Waals surface area contributed by atoms with E-state index in [0.29, 0.717) is 12.3 Å². The maximum Gasteiger partial charge on any atom is 0.417 e. The van der Waals surface area contributed by atoms with Crippen LogP contribution in [0.25, 0.3) is 0 Å². The van der Waals surface area contributed by atoms with E-state index in [4.69, 9.17) is 9.88 Å². The molecule has 9 nitrogen and oxygen atoms in total. The van der Waals surface area contributed by atoms with Gasteiger partial charge in [0.1, 0.15) is 5.82 Å². The largest absolute Gasteiger partial charge is 0.417 e. The van der Waals surface area contributed by atoms with E-state index >= 15 is 0 Å². The molecule has 1 amide bonds. The number of carbonyl (C=O) groups excluding carboxylic acids is 1. The number of carbonyl (C=O) groups is 1. The van der Waals surface area contributed by atoms with Crippen molar-refractivity contribution < 1.29 is 44.3 Å². The molecular formula is C19H19F6N5O4S. The van der Waals surface area contributed by atoms with Gasteiger partial charge in [0, 0.05) is 30.7 Å². The van der Waals surface area contributed by atoms with E-state index in [1.807, 2.05) is 0 Å². The van der Waals surface area contributed by atoms with Gasteiger partial charge in [-0.25, -0.2) is 23.5 Å². The number of rotatable bonds is 5. The topological polar surface area (TPSA) is 128 Å². The summed E-state index contributed by atoms with van der Waals surface area (Å²) in [6.45, 7) is 0.609. The van der Waals surface area contributed by atoms with E-state index < -0.39 is 69.0 Å². The summed E-state index contributed by atoms with van der Waals surface area (Å²) in [6.07, 6.45) is -11.3. The highest BCUT2D eigenvalue weighted by Crippen LogP contribution is 2.35. The Morgan fingerprint density at radius 2 is 1.89 bits per heavy atom. The average Bonchev–Trinajstić information content (AvgIpc) is 2.76. The summed E-state index contributed by atoms with van der Waals surface area (Å²) in [6, 6.07) is 2.47. The lowest BCUT2D eigenvalue weighted by atomic mass is 10.1. The molecule has 0 aliphatic carbocycles. The van der Waals surface area contributed by atoms with Crippen LogP contribution in [0.15, 0.2) is 35.6 Å². The predicted octanol–water partition coefficient (Wildman–Crippen LogP) is 2.94. The van der Waals surface area contributed by atoms with Crippen molar-refractivity contribution in [3.63, 3.8) is 0 Å². The molecule has 0 saturated carbocycles. The maximum absolute atomic E-state index is 13.4. The molecule has 3 N–H and O–H groups in total. The van der Waals surface area contributed by atoms with Crippen molar-refractivity contribution in [3.8, 4) is 0 Å². The fourth-order valence-corrected chi connectivity index (χ4v) is 3.79. The van der Waals surface area contributed by atoms with Gasteiger partial charge in [0.15, 0.2) is 11.1 Å². The second kappa shape index (κ2) is 9.58. The van der Waals surface area contributed by atoms with Crippen LogP contribution in [-0.2, 0) is 20.9 Å². The zero-order chi connectivity index (χ0) is 26.2. The number of hydrogen-bond acceptors (Lipinski definition) is 7. The van der Waals surface area contributed by atoms with Gasteiger partial charge in [0.05, 0.1) is 23.8 Å². The molecule has 1 aliphatic heterocycles. The van der Waals surface area contributed by atoms with Gasteiger partial charge in [-0.2, -0.15) is 26.3 Å². The summed E-state index contributed by atoms with van der Waals surface area (Å²) in [7, 11) is -4.26. The van der Waals surface area contributed by atoms with Crippen molar-refractivity contribution in [1.29, 1.82) is 0 Å². The molecular weight excluding hydrogens is 508 g/mol. The Hall–Kier alpha value is -2.98. The third kappa shape index (κ3) is 6.37. The van der Waals surface area contributed by atoms with Crippen molar-refractivity contribution in [3.05, 3.63) is 41.7 Å². The van der Waals surface area contributed by atoms with Crippen molar-refractivity contribution >= 4 is 27.4 Å². The minimum absolute atomic E-state index is 0.160. The van der Waals surface area contributed by atoms with Crippen LogP contribution in [0.5, 0.6) is 0 Å². The first-order valence-corrected chi connectivity index (χ1v) is 11.5. The fraction of sp³-hybridized carbons (Fsp3) is 0.421. The van der Waals surface area contributed by atoms with Gasteiger partial charge in [-0.15, -0.1) is 0 Å². The molecule has 2 aromatic rings. The summed E-state index contributed by atoms with van der Waals surface area (Å²) in [4.78, 5) is 21.2. The normalized spacial score (nSPS) is 19.5. The van der Waals surface area contributed by atoms with Crippen LogP contribution in [0.1, 0.15) is 29.3 Å². The standard InChI is InChI=1S/C19H19F6N5O4S/c1-2-12-8-30(9-14(34-12)19(23,24)25)16-13(5-10(7-28-16)18(20,21)22)17(31)29-11-3-4-27-15(6-11)35(26,32)33/h3-7,12,14H,2,8-9H2,1H3,(H2,26,32,33)(H,27,29,31). The van der Waals surface area contributed by atoms with E-state index in [1.165, 1.54) is 0 Å². The number of amides is 1. The van der Waals surface area contributed by atoms with E-state index in [9.17, 15) is 39.6 Å². The number of sulfonamides is 1. The Morgan fingerprint density at radius 1 is 1.20 bits per heavy atom. The highest BCUT2D eigenvalue weighted by molar-refractivity contribution is 7.89. The molecule has 2 atom stereocenters. The van der Waals surface area contributed by atoms with E-state index in [2.05, 4.69) is 15.3 Å². The number of alkyl halides is 6. The zero-order valence-electron chi connectivity index (χ0n) is 17.9. The summed E-state index contributed by atoms with van der Waals surface area (Å²) in [5.41, 5.74) is -2.16. The maximum atomic E-state index is 13.4. The average molecular weight is 527 g/mol. The van der Waals surface area contributed by atoms with Crippen LogP contribution in [0.2, 0.25) is 0 Å². The van der Waals surface area contributed by atoms with Crippen molar-refractivity contribution in [2.45, 2.75) is 42.9 Å². The molecule has 2 unspecified atom stereocenters. The van der Waals surface area contributed by atoms with Gasteiger partial charge in [-0.05, 0) is 18.6 Å². The van der Waals surface area contributed by atoms with Crippen LogP contribution in [0.3, 0.4) is 0 Å². The number of ether oxygens (including phenoxy) is 1. The monoisotopic (exact) mass is 527 g/mol. The number of hydrogen-bond donors (Lipinski definition) is 2. The van der Waals surface area contributed by atoms with Gasteiger partial charge < -0.3 is 15.0 Å². The molecule has 16 heteroatoms. The van der Waals surface area contributed by atoms with Crippen LogP contribution in [-0.4, -0.2) is 55.8 Å². The van der Waals surface area contributed by atoms with Crippen molar-refractivity contribution in [2.24, 2.45) is 5.14 Å². The summed E-state index contributed by atoms with van der Waals surface area (Å²) >= 11 is 0. The number of primary sulfonamides is 1.